The summed E-state index contributed by atoms with van der Waals surface area (Å²) in [5, 5.41) is 11.9. The maximum Gasteiger partial charge on any atom is 0.322 e. The third kappa shape index (κ3) is 4.32. The van der Waals surface area contributed by atoms with Gasteiger partial charge in [0.1, 0.15) is 5.75 Å². The van der Waals surface area contributed by atoms with Gasteiger partial charge in [0.05, 0.1) is 24.4 Å². The Morgan fingerprint density at radius 3 is 2.33 bits per heavy atom. The Morgan fingerprint density at radius 1 is 1.07 bits per heavy atom. The molecule has 0 aromatic heterocycles. The van der Waals surface area contributed by atoms with Gasteiger partial charge in [0.2, 0.25) is 0 Å². The van der Waals surface area contributed by atoms with E-state index in [0.717, 1.165) is 13.1 Å². The van der Waals surface area contributed by atoms with E-state index in [0.29, 0.717) is 30.1 Å². The van der Waals surface area contributed by atoms with Gasteiger partial charge >= 0.3 is 6.03 Å². The molecule has 0 unspecified atom stereocenters. The predicted octanol–water partition coefficient (Wildman–Crippen LogP) is 3.54. The number of methoxy groups -OCH3 is 1. The maximum absolute atomic E-state index is 12.6. The number of nitriles is 1. The number of carbonyl (C=O) groups excluding carboxylic acids is 1. The third-order valence-corrected chi connectivity index (χ3v) is 4.71. The summed E-state index contributed by atoms with van der Waals surface area (Å²) < 4.78 is 5.28. The van der Waals surface area contributed by atoms with Gasteiger partial charge in [-0.25, -0.2) is 4.79 Å². The van der Waals surface area contributed by atoms with Gasteiger partial charge in [0, 0.05) is 31.9 Å². The van der Waals surface area contributed by atoms with Crippen LogP contribution < -0.4 is 15.0 Å². The predicted molar refractivity (Wildman–Crippen MR) is 106 cm³/mol. The van der Waals surface area contributed by atoms with E-state index in [2.05, 4.69) is 48.3 Å². The van der Waals surface area contributed by atoms with E-state index in [1.54, 1.807) is 30.2 Å². The number of aryl methyl sites for hydroxylation is 2. The second kappa shape index (κ2) is 8.00. The lowest BCUT2D eigenvalue weighted by molar-refractivity contribution is 0.208. The topological polar surface area (TPSA) is 68.6 Å². The summed E-state index contributed by atoms with van der Waals surface area (Å²) in [6.45, 7) is 7.04. The van der Waals surface area contributed by atoms with E-state index < -0.39 is 0 Å². The largest absolute Gasteiger partial charge is 0.495 e. The Labute approximate surface area is 160 Å². The van der Waals surface area contributed by atoms with Gasteiger partial charge in [-0.05, 0) is 55.3 Å². The van der Waals surface area contributed by atoms with Crippen molar-refractivity contribution in [3.8, 4) is 11.8 Å². The number of amides is 2. The van der Waals surface area contributed by atoms with E-state index in [-0.39, 0.29) is 6.03 Å². The SMILES string of the molecule is COc1ccc(C#N)cc1NC(=O)N1CCN(c2cc(C)cc(C)c2)CC1. The number of rotatable bonds is 3. The second-order valence-corrected chi connectivity index (χ2v) is 6.78. The van der Waals surface area contributed by atoms with Crippen molar-refractivity contribution in [2.75, 3.05) is 43.5 Å². The van der Waals surface area contributed by atoms with Crippen molar-refractivity contribution in [2.45, 2.75) is 13.8 Å². The molecule has 6 nitrogen and oxygen atoms in total. The number of anilines is 2. The first-order valence-corrected chi connectivity index (χ1v) is 8.97. The zero-order chi connectivity index (χ0) is 19.4. The highest BCUT2D eigenvalue weighted by Gasteiger charge is 2.22. The Morgan fingerprint density at radius 2 is 1.74 bits per heavy atom. The number of nitrogens with zero attached hydrogens (tertiary/aromatic N) is 3. The molecule has 2 amide bonds. The van der Waals surface area contributed by atoms with E-state index in [9.17, 15) is 4.79 Å². The van der Waals surface area contributed by atoms with Crippen molar-refractivity contribution in [3.05, 3.63) is 53.1 Å². The summed E-state index contributed by atoms with van der Waals surface area (Å²) >= 11 is 0. The van der Waals surface area contributed by atoms with Crippen LogP contribution in [0.4, 0.5) is 16.2 Å². The Kier molecular flexibility index (Phi) is 5.51. The summed E-state index contributed by atoms with van der Waals surface area (Å²) in [6, 6.07) is 13.4. The van der Waals surface area contributed by atoms with Crippen LogP contribution in [0.25, 0.3) is 0 Å². The molecule has 0 spiro atoms. The fourth-order valence-corrected chi connectivity index (χ4v) is 3.37. The van der Waals surface area contributed by atoms with E-state index in [1.807, 2.05) is 0 Å². The Bertz CT molecular complexity index is 860. The minimum absolute atomic E-state index is 0.177. The Balaban J connectivity index is 1.64. The highest BCUT2D eigenvalue weighted by Crippen LogP contribution is 2.26. The molecule has 6 heteroatoms. The van der Waals surface area contributed by atoms with Crippen LogP contribution in [0.2, 0.25) is 0 Å². The molecule has 1 heterocycles. The van der Waals surface area contributed by atoms with Crippen LogP contribution in [0.1, 0.15) is 16.7 Å². The number of ether oxygens (including phenoxy) is 1. The van der Waals surface area contributed by atoms with Crippen LogP contribution in [-0.2, 0) is 0 Å². The van der Waals surface area contributed by atoms with Crippen LogP contribution >= 0.6 is 0 Å². The summed E-state index contributed by atoms with van der Waals surface area (Å²) in [7, 11) is 1.54. The molecule has 27 heavy (non-hydrogen) atoms. The highest BCUT2D eigenvalue weighted by molar-refractivity contribution is 5.91. The second-order valence-electron chi connectivity index (χ2n) is 6.78. The van der Waals surface area contributed by atoms with Crippen molar-refractivity contribution >= 4 is 17.4 Å². The maximum atomic E-state index is 12.6. The fraction of sp³-hybridized carbons (Fsp3) is 0.333. The van der Waals surface area contributed by atoms with E-state index in [1.165, 1.54) is 16.8 Å². The van der Waals surface area contributed by atoms with Gasteiger partial charge in [-0.3, -0.25) is 0 Å². The lowest BCUT2D eigenvalue weighted by atomic mass is 10.1. The number of piperazine rings is 1. The van der Waals surface area contributed by atoms with Crippen LogP contribution in [0.5, 0.6) is 5.75 Å². The number of benzene rings is 2. The van der Waals surface area contributed by atoms with Crippen LogP contribution in [0, 0.1) is 25.2 Å². The van der Waals surface area contributed by atoms with Gasteiger partial charge in [-0.1, -0.05) is 6.07 Å². The number of hydrogen-bond donors (Lipinski definition) is 1. The van der Waals surface area contributed by atoms with Crippen LogP contribution in [0.3, 0.4) is 0 Å². The summed E-state index contributed by atoms with van der Waals surface area (Å²) in [4.78, 5) is 16.7. The standard InChI is InChI=1S/C21H24N4O2/c1-15-10-16(2)12-18(11-15)24-6-8-25(9-7-24)21(26)23-19-13-17(14-22)4-5-20(19)27-3/h4-5,10-13H,6-9H2,1-3H3,(H,23,26). The lowest BCUT2D eigenvalue weighted by Crippen LogP contribution is -2.50. The summed E-state index contributed by atoms with van der Waals surface area (Å²) in [5.41, 5.74) is 4.68. The van der Waals surface area contributed by atoms with Gasteiger partial charge in [0.25, 0.3) is 0 Å². The van der Waals surface area contributed by atoms with Gasteiger partial charge in [0.15, 0.2) is 0 Å². The molecule has 3 rings (SSSR count). The normalized spacial score (nSPS) is 13.9. The number of hydrogen-bond acceptors (Lipinski definition) is 4. The van der Waals surface area contributed by atoms with Crippen LogP contribution in [-0.4, -0.2) is 44.2 Å². The van der Waals surface area contributed by atoms with Crippen molar-refractivity contribution < 1.29 is 9.53 Å². The molecule has 0 aliphatic carbocycles. The molecule has 0 atom stereocenters. The van der Waals surface area contributed by atoms with Crippen molar-refractivity contribution in [2.24, 2.45) is 0 Å². The molecule has 1 N–H and O–H groups in total. The monoisotopic (exact) mass is 364 g/mol. The molecular formula is C21H24N4O2. The summed E-state index contributed by atoms with van der Waals surface area (Å²) in [6.07, 6.45) is 0. The minimum atomic E-state index is -0.177. The molecule has 0 radical (unpaired) electrons. The summed E-state index contributed by atoms with van der Waals surface area (Å²) in [5.74, 6) is 0.538. The fourth-order valence-electron chi connectivity index (χ4n) is 3.37. The molecule has 2 aromatic carbocycles. The number of urea groups is 1. The molecule has 2 aromatic rings. The third-order valence-electron chi connectivity index (χ3n) is 4.71. The van der Waals surface area contributed by atoms with Crippen molar-refractivity contribution in [1.82, 2.24) is 4.90 Å². The quantitative estimate of drug-likeness (QED) is 0.904. The Hall–Kier alpha value is -3.20. The minimum Gasteiger partial charge on any atom is -0.495 e. The van der Waals surface area contributed by atoms with Gasteiger partial charge in [-0.2, -0.15) is 5.26 Å². The van der Waals surface area contributed by atoms with Crippen LogP contribution in [0.15, 0.2) is 36.4 Å². The average molecular weight is 364 g/mol. The molecule has 1 aliphatic heterocycles. The molecule has 140 valence electrons. The highest BCUT2D eigenvalue weighted by atomic mass is 16.5. The van der Waals surface area contributed by atoms with Gasteiger partial charge in [-0.15, -0.1) is 0 Å². The average Bonchev–Trinajstić information content (AvgIpc) is 2.67. The first-order chi connectivity index (χ1) is 13.0. The molecule has 1 fully saturated rings. The first-order valence-electron chi connectivity index (χ1n) is 8.97. The lowest BCUT2D eigenvalue weighted by Gasteiger charge is -2.36. The molecule has 0 saturated carbocycles. The molecule has 1 saturated heterocycles. The van der Waals surface area contributed by atoms with Crippen molar-refractivity contribution in [1.29, 1.82) is 5.26 Å². The zero-order valence-electron chi connectivity index (χ0n) is 16.0. The van der Waals surface area contributed by atoms with E-state index in [4.69, 9.17) is 10.00 Å². The number of carbonyl (C=O) groups is 1. The van der Waals surface area contributed by atoms with Crippen molar-refractivity contribution in [3.63, 3.8) is 0 Å². The number of nitrogens with one attached hydrogen (secondary N) is 1. The van der Waals surface area contributed by atoms with Gasteiger partial charge < -0.3 is 19.9 Å². The molecule has 0 bridgehead atoms. The molecular weight excluding hydrogens is 340 g/mol. The van der Waals surface area contributed by atoms with E-state index >= 15 is 0 Å². The first kappa shape index (κ1) is 18.6. The molecule has 1 aliphatic rings. The zero-order valence-corrected chi connectivity index (χ0v) is 16.0. The smallest absolute Gasteiger partial charge is 0.322 e.